The van der Waals surface area contributed by atoms with Gasteiger partial charge in [-0.2, -0.15) is 11.8 Å². The highest BCUT2D eigenvalue weighted by Gasteiger charge is 2.21. The van der Waals surface area contributed by atoms with Crippen LogP contribution in [0.3, 0.4) is 0 Å². The van der Waals surface area contributed by atoms with Crippen molar-refractivity contribution in [3.8, 4) is 0 Å². The fourth-order valence-corrected chi connectivity index (χ4v) is 3.56. The van der Waals surface area contributed by atoms with Gasteiger partial charge >= 0.3 is 0 Å². The molecule has 4 heteroatoms. The predicted octanol–water partition coefficient (Wildman–Crippen LogP) is 3.72. The van der Waals surface area contributed by atoms with Crippen LogP contribution >= 0.6 is 24.0 Å². The van der Waals surface area contributed by atoms with E-state index in [1.165, 1.54) is 31.2 Å². The van der Waals surface area contributed by atoms with Crippen molar-refractivity contribution in [2.75, 3.05) is 11.6 Å². The molecule has 0 unspecified atom stereocenters. The third kappa shape index (κ3) is 3.86. The molecule has 2 nitrogen and oxygen atoms in total. The maximum Gasteiger partial charge on any atom is 0.106 e. The SMILES string of the molecule is CSC1CCC(Nc2ccc(C)cc2C(N)=S)CC1. The minimum absolute atomic E-state index is 0.476. The Morgan fingerprint density at radius 1 is 1.32 bits per heavy atom. The molecule has 0 heterocycles. The Hall–Kier alpha value is -0.740. The molecule has 3 N–H and O–H groups in total. The average Bonchev–Trinajstić information content (AvgIpc) is 2.41. The summed E-state index contributed by atoms with van der Waals surface area (Å²) < 4.78 is 0. The number of benzene rings is 1. The van der Waals surface area contributed by atoms with Crippen LogP contribution in [0.25, 0.3) is 0 Å². The quantitative estimate of drug-likeness (QED) is 0.830. The van der Waals surface area contributed by atoms with Gasteiger partial charge in [-0.3, -0.25) is 0 Å². The first-order valence-corrected chi connectivity index (χ1v) is 8.49. The molecule has 1 fully saturated rings. The van der Waals surface area contributed by atoms with Crippen LogP contribution in [0.5, 0.6) is 0 Å². The molecule has 0 aliphatic heterocycles. The number of hydrogen-bond donors (Lipinski definition) is 2. The second-order valence-electron chi connectivity index (χ2n) is 5.27. The van der Waals surface area contributed by atoms with E-state index in [1.54, 1.807) is 0 Å². The van der Waals surface area contributed by atoms with E-state index in [4.69, 9.17) is 18.0 Å². The molecule has 19 heavy (non-hydrogen) atoms. The second-order valence-corrected chi connectivity index (χ2v) is 6.84. The van der Waals surface area contributed by atoms with E-state index in [1.807, 2.05) is 11.8 Å². The van der Waals surface area contributed by atoms with Gasteiger partial charge in [0.15, 0.2) is 0 Å². The summed E-state index contributed by atoms with van der Waals surface area (Å²) in [6, 6.07) is 6.83. The molecule has 2 rings (SSSR count). The van der Waals surface area contributed by atoms with Gasteiger partial charge in [0.05, 0.1) is 0 Å². The molecule has 1 aromatic rings. The number of aryl methyl sites for hydroxylation is 1. The lowest BCUT2D eigenvalue weighted by Crippen LogP contribution is -2.28. The Kier molecular flexibility index (Phi) is 5.11. The minimum atomic E-state index is 0.476. The second kappa shape index (κ2) is 6.62. The van der Waals surface area contributed by atoms with Gasteiger partial charge in [-0.1, -0.05) is 23.8 Å². The molecule has 0 aromatic heterocycles. The van der Waals surface area contributed by atoms with Gasteiger partial charge in [0.1, 0.15) is 4.99 Å². The molecule has 1 aliphatic carbocycles. The highest BCUT2D eigenvalue weighted by molar-refractivity contribution is 7.99. The average molecular weight is 294 g/mol. The van der Waals surface area contributed by atoms with Crippen LogP contribution < -0.4 is 11.1 Å². The summed E-state index contributed by atoms with van der Waals surface area (Å²) in [6.45, 7) is 2.06. The van der Waals surface area contributed by atoms with Gasteiger partial charge in [-0.05, 0) is 51.0 Å². The fraction of sp³-hybridized carbons (Fsp3) is 0.533. The number of thioether (sulfide) groups is 1. The van der Waals surface area contributed by atoms with Crippen molar-refractivity contribution < 1.29 is 0 Å². The lowest BCUT2D eigenvalue weighted by atomic mass is 9.94. The van der Waals surface area contributed by atoms with Gasteiger partial charge in [-0.25, -0.2) is 0 Å². The van der Waals surface area contributed by atoms with Crippen molar-refractivity contribution >= 4 is 34.7 Å². The van der Waals surface area contributed by atoms with E-state index in [-0.39, 0.29) is 0 Å². The van der Waals surface area contributed by atoms with Crippen molar-refractivity contribution in [1.29, 1.82) is 0 Å². The molecule has 1 aliphatic rings. The first kappa shape index (κ1) is 14.7. The molecule has 0 amide bonds. The standard InChI is InChI=1S/C15H22N2S2/c1-10-3-8-14(13(9-10)15(16)18)17-11-4-6-12(19-2)7-5-11/h3,8-9,11-12,17H,4-7H2,1-2H3,(H2,16,18). The molecular formula is C15H22N2S2. The smallest absolute Gasteiger partial charge is 0.106 e. The van der Waals surface area contributed by atoms with Crippen molar-refractivity contribution in [2.24, 2.45) is 5.73 Å². The van der Waals surface area contributed by atoms with Gasteiger partial charge in [0.2, 0.25) is 0 Å². The lowest BCUT2D eigenvalue weighted by molar-refractivity contribution is 0.473. The van der Waals surface area contributed by atoms with E-state index in [9.17, 15) is 0 Å². The highest BCUT2D eigenvalue weighted by Crippen LogP contribution is 2.29. The molecule has 0 radical (unpaired) electrons. The van der Waals surface area contributed by atoms with Crippen molar-refractivity contribution in [3.05, 3.63) is 29.3 Å². The number of thiocarbonyl (C=S) groups is 1. The topological polar surface area (TPSA) is 38.0 Å². The summed E-state index contributed by atoms with van der Waals surface area (Å²) in [7, 11) is 0. The maximum atomic E-state index is 5.82. The Bertz CT molecular complexity index is 451. The summed E-state index contributed by atoms with van der Waals surface area (Å²) in [6.07, 6.45) is 7.27. The van der Waals surface area contributed by atoms with Crippen LogP contribution in [0.15, 0.2) is 18.2 Å². The monoisotopic (exact) mass is 294 g/mol. The van der Waals surface area contributed by atoms with Crippen LogP contribution in [0.4, 0.5) is 5.69 Å². The third-order valence-electron chi connectivity index (χ3n) is 3.81. The number of rotatable bonds is 4. The van der Waals surface area contributed by atoms with Crippen LogP contribution in [0, 0.1) is 6.92 Å². The first-order chi connectivity index (χ1) is 9.10. The zero-order chi connectivity index (χ0) is 13.8. The van der Waals surface area contributed by atoms with Gasteiger partial charge < -0.3 is 11.1 Å². The van der Waals surface area contributed by atoms with Gasteiger partial charge in [-0.15, -0.1) is 0 Å². The van der Waals surface area contributed by atoms with Crippen LogP contribution in [-0.4, -0.2) is 22.5 Å². The molecule has 0 atom stereocenters. The van der Waals surface area contributed by atoms with Crippen molar-refractivity contribution in [1.82, 2.24) is 0 Å². The minimum Gasteiger partial charge on any atom is -0.389 e. The van der Waals surface area contributed by atoms with E-state index in [2.05, 4.69) is 36.7 Å². The number of hydrogen-bond acceptors (Lipinski definition) is 3. The Balaban J connectivity index is 2.05. The number of anilines is 1. The van der Waals surface area contributed by atoms with Crippen LogP contribution in [0.2, 0.25) is 0 Å². The predicted molar refractivity (Wildman–Crippen MR) is 90.2 cm³/mol. The molecule has 1 saturated carbocycles. The summed E-state index contributed by atoms with van der Waals surface area (Å²) >= 11 is 7.14. The lowest BCUT2D eigenvalue weighted by Gasteiger charge is -2.29. The van der Waals surface area contributed by atoms with E-state index < -0.39 is 0 Å². The van der Waals surface area contributed by atoms with Crippen LogP contribution in [-0.2, 0) is 0 Å². The zero-order valence-corrected chi connectivity index (χ0v) is 13.2. The molecule has 0 bridgehead atoms. The summed E-state index contributed by atoms with van der Waals surface area (Å²) in [5.41, 5.74) is 9.08. The third-order valence-corrected chi connectivity index (χ3v) is 5.17. The van der Waals surface area contributed by atoms with E-state index in [0.29, 0.717) is 11.0 Å². The Labute approximate surface area is 125 Å². The molecule has 0 spiro atoms. The molecular weight excluding hydrogens is 272 g/mol. The molecule has 0 saturated heterocycles. The normalized spacial score (nSPS) is 23.1. The maximum absolute atomic E-state index is 5.82. The number of nitrogens with two attached hydrogens (primary N) is 1. The van der Waals surface area contributed by atoms with Crippen molar-refractivity contribution in [3.63, 3.8) is 0 Å². The molecule has 1 aromatic carbocycles. The number of nitrogens with one attached hydrogen (secondary N) is 1. The fourth-order valence-electron chi connectivity index (χ4n) is 2.65. The highest BCUT2D eigenvalue weighted by atomic mass is 32.2. The van der Waals surface area contributed by atoms with Crippen LogP contribution in [0.1, 0.15) is 36.8 Å². The van der Waals surface area contributed by atoms with Gasteiger partial charge in [0, 0.05) is 22.5 Å². The zero-order valence-electron chi connectivity index (χ0n) is 11.6. The van der Waals surface area contributed by atoms with E-state index in [0.717, 1.165) is 16.5 Å². The summed E-state index contributed by atoms with van der Waals surface area (Å²) in [5, 5.41) is 4.46. The summed E-state index contributed by atoms with van der Waals surface area (Å²) in [4.78, 5) is 0.476. The Morgan fingerprint density at radius 2 is 2.00 bits per heavy atom. The van der Waals surface area contributed by atoms with Crippen molar-refractivity contribution in [2.45, 2.75) is 43.9 Å². The van der Waals surface area contributed by atoms with E-state index >= 15 is 0 Å². The molecule has 104 valence electrons. The largest absolute Gasteiger partial charge is 0.389 e. The Morgan fingerprint density at radius 3 is 2.58 bits per heavy atom. The van der Waals surface area contributed by atoms with Gasteiger partial charge in [0.25, 0.3) is 0 Å². The first-order valence-electron chi connectivity index (χ1n) is 6.80. The summed E-state index contributed by atoms with van der Waals surface area (Å²) in [5.74, 6) is 0.